The maximum atomic E-state index is 3.47. The van der Waals surface area contributed by atoms with Crippen molar-refractivity contribution < 1.29 is 0 Å². The van der Waals surface area contributed by atoms with Gasteiger partial charge in [0.2, 0.25) is 0 Å². The van der Waals surface area contributed by atoms with Gasteiger partial charge in [-0.25, -0.2) is 0 Å². The van der Waals surface area contributed by atoms with Gasteiger partial charge >= 0.3 is 0 Å². The molecule has 0 atom stereocenters. The first kappa shape index (κ1) is 17.8. The summed E-state index contributed by atoms with van der Waals surface area (Å²) in [6.45, 7) is 15.4. The van der Waals surface area contributed by atoms with Crippen LogP contribution in [0.3, 0.4) is 0 Å². The van der Waals surface area contributed by atoms with Crippen molar-refractivity contribution >= 4 is 0 Å². The highest BCUT2D eigenvalue weighted by Gasteiger charge is 2.06. The summed E-state index contributed by atoms with van der Waals surface area (Å²) < 4.78 is 0. The molecule has 0 aromatic heterocycles. The van der Waals surface area contributed by atoms with Crippen LogP contribution in [0.25, 0.3) is 0 Å². The predicted molar refractivity (Wildman–Crippen MR) is 93.5 cm³/mol. The van der Waals surface area contributed by atoms with Gasteiger partial charge in [-0.05, 0) is 0 Å². The lowest BCUT2D eigenvalue weighted by molar-refractivity contribution is 0.302. The van der Waals surface area contributed by atoms with Gasteiger partial charge in [0.1, 0.15) is 0 Å². The van der Waals surface area contributed by atoms with Gasteiger partial charge in [0.25, 0.3) is 0 Å². The van der Waals surface area contributed by atoms with E-state index in [2.05, 4.69) is 43.2 Å². The van der Waals surface area contributed by atoms with Crippen molar-refractivity contribution in [3.8, 4) is 0 Å². The molecule has 6 nitrogen and oxygen atoms in total. The smallest absolute Gasteiger partial charge is 0.0164 e. The minimum Gasteiger partial charge on any atom is -0.314 e. The van der Waals surface area contributed by atoms with Crippen LogP contribution in [-0.2, 0) is 0 Å². The average molecular weight is 310 g/mol. The van der Waals surface area contributed by atoms with Gasteiger partial charge < -0.3 is 21.3 Å². The molecule has 2 heterocycles. The lowest BCUT2D eigenvalue weighted by Gasteiger charge is -2.21. The summed E-state index contributed by atoms with van der Waals surface area (Å²) in [7, 11) is 0. The van der Waals surface area contributed by atoms with Crippen LogP contribution in [0.15, 0.2) is 12.2 Å². The molecule has 128 valence electrons. The molecule has 0 aromatic carbocycles. The van der Waals surface area contributed by atoms with E-state index in [4.69, 9.17) is 0 Å². The maximum absolute atomic E-state index is 3.47. The van der Waals surface area contributed by atoms with Gasteiger partial charge in [0.05, 0.1) is 0 Å². The third-order valence-corrected chi connectivity index (χ3v) is 4.27. The second-order valence-corrected chi connectivity index (χ2v) is 6.07. The fourth-order valence-electron chi connectivity index (χ4n) is 2.84. The highest BCUT2D eigenvalue weighted by Crippen LogP contribution is 1.93. The topological polar surface area (TPSA) is 54.6 Å². The fourth-order valence-corrected chi connectivity index (χ4v) is 2.84. The van der Waals surface area contributed by atoms with E-state index in [0.717, 1.165) is 91.6 Å². The summed E-state index contributed by atoms with van der Waals surface area (Å²) in [6.07, 6.45) is 4.68. The Labute approximate surface area is 135 Å². The van der Waals surface area contributed by atoms with Gasteiger partial charge in [0, 0.05) is 91.6 Å². The monoisotopic (exact) mass is 310 g/mol. The first-order valence-electron chi connectivity index (χ1n) is 8.88. The standard InChI is InChI=1S/C16H34N6/c1(11-21-13-7-17-3-4-18-8-14-21)2-12-22-15-9-19-5-6-20-10-16-22/h1-2,17-20H,3-16H2/b2-1+. The first-order chi connectivity index (χ1) is 10.9. The Morgan fingerprint density at radius 3 is 1.14 bits per heavy atom. The van der Waals surface area contributed by atoms with Crippen molar-refractivity contribution in [1.29, 1.82) is 0 Å². The third-order valence-electron chi connectivity index (χ3n) is 4.27. The molecular formula is C16H34N6. The molecule has 0 amide bonds. The highest BCUT2D eigenvalue weighted by atomic mass is 15.2. The second-order valence-electron chi connectivity index (χ2n) is 6.07. The Morgan fingerprint density at radius 1 is 0.500 bits per heavy atom. The number of rotatable bonds is 4. The van der Waals surface area contributed by atoms with Crippen molar-refractivity contribution in [2.45, 2.75) is 0 Å². The van der Waals surface area contributed by atoms with Crippen LogP contribution in [0.5, 0.6) is 0 Å². The molecular weight excluding hydrogens is 276 g/mol. The van der Waals surface area contributed by atoms with Crippen LogP contribution in [-0.4, -0.2) is 101 Å². The molecule has 6 heteroatoms. The zero-order valence-electron chi connectivity index (χ0n) is 13.9. The van der Waals surface area contributed by atoms with Crippen LogP contribution >= 0.6 is 0 Å². The van der Waals surface area contributed by atoms with E-state index in [0.29, 0.717) is 0 Å². The molecule has 2 fully saturated rings. The zero-order valence-corrected chi connectivity index (χ0v) is 13.9. The summed E-state index contributed by atoms with van der Waals surface area (Å²) in [6, 6.07) is 0. The number of nitrogens with zero attached hydrogens (tertiary/aromatic N) is 2. The van der Waals surface area contributed by atoms with Crippen molar-refractivity contribution in [1.82, 2.24) is 31.1 Å². The molecule has 0 bridgehead atoms. The second kappa shape index (κ2) is 12.0. The average Bonchev–Trinajstić information content (AvgIpc) is 2.75. The highest BCUT2D eigenvalue weighted by molar-refractivity contribution is 4.88. The molecule has 2 aliphatic heterocycles. The Kier molecular flexibility index (Phi) is 9.73. The van der Waals surface area contributed by atoms with Crippen molar-refractivity contribution in [2.75, 3.05) is 91.6 Å². The van der Waals surface area contributed by atoms with Crippen LogP contribution in [0.2, 0.25) is 0 Å². The third kappa shape index (κ3) is 8.22. The summed E-state index contributed by atoms with van der Waals surface area (Å²) >= 11 is 0. The van der Waals surface area contributed by atoms with Gasteiger partial charge in [0.15, 0.2) is 0 Å². The lowest BCUT2D eigenvalue weighted by Crippen LogP contribution is -2.35. The van der Waals surface area contributed by atoms with Gasteiger partial charge in [-0.15, -0.1) is 0 Å². The fraction of sp³-hybridized carbons (Fsp3) is 0.875. The van der Waals surface area contributed by atoms with E-state index in [1.807, 2.05) is 0 Å². The van der Waals surface area contributed by atoms with Gasteiger partial charge in [-0.2, -0.15) is 0 Å². The number of hydrogen-bond donors (Lipinski definition) is 4. The van der Waals surface area contributed by atoms with Gasteiger partial charge in [-0.1, -0.05) is 12.2 Å². The molecule has 22 heavy (non-hydrogen) atoms. The van der Waals surface area contributed by atoms with Crippen LogP contribution < -0.4 is 21.3 Å². The predicted octanol–water partition coefficient (Wildman–Crippen LogP) is -1.47. The SMILES string of the molecule is C(=C\CN1CCNCCNCC1)/CN1CCNCCNCC1. The molecule has 0 unspecified atom stereocenters. The maximum Gasteiger partial charge on any atom is 0.0164 e. The van der Waals surface area contributed by atoms with Crippen molar-refractivity contribution in [3.05, 3.63) is 12.2 Å². The molecule has 2 rings (SSSR count). The molecule has 0 spiro atoms. The Balaban J connectivity index is 1.64. The van der Waals surface area contributed by atoms with Crippen LogP contribution in [0.1, 0.15) is 0 Å². The molecule has 0 aromatic rings. The lowest BCUT2D eigenvalue weighted by atomic mass is 10.3. The van der Waals surface area contributed by atoms with E-state index < -0.39 is 0 Å². The summed E-state index contributed by atoms with van der Waals surface area (Å²) in [5.41, 5.74) is 0. The van der Waals surface area contributed by atoms with Crippen LogP contribution in [0.4, 0.5) is 0 Å². The zero-order chi connectivity index (χ0) is 15.3. The molecule has 0 aliphatic carbocycles. The summed E-state index contributed by atoms with van der Waals surface area (Å²) in [4.78, 5) is 5.03. The summed E-state index contributed by atoms with van der Waals surface area (Å²) in [5, 5.41) is 13.9. The molecule has 2 aliphatic rings. The van der Waals surface area contributed by atoms with E-state index in [1.54, 1.807) is 0 Å². The van der Waals surface area contributed by atoms with Crippen molar-refractivity contribution in [3.63, 3.8) is 0 Å². The normalized spacial score (nSPS) is 24.9. The van der Waals surface area contributed by atoms with E-state index in [-0.39, 0.29) is 0 Å². The van der Waals surface area contributed by atoms with Crippen LogP contribution in [0, 0.1) is 0 Å². The number of hydrogen-bond acceptors (Lipinski definition) is 6. The van der Waals surface area contributed by atoms with E-state index >= 15 is 0 Å². The molecule has 0 saturated carbocycles. The quantitative estimate of drug-likeness (QED) is 0.476. The molecule has 0 radical (unpaired) electrons. The van der Waals surface area contributed by atoms with E-state index in [1.165, 1.54) is 0 Å². The van der Waals surface area contributed by atoms with Crippen molar-refractivity contribution in [2.24, 2.45) is 0 Å². The minimum atomic E-state index is 1.06. The first-order valence-corrected chi connectivity index (χ1v) is 8.88. The Bertz CT molecular complexity index is 248. The number of nitrogens with one attached hydrogen (secondary N) is 4. The van der Waals surface area contributed by atoms with E-state index in [9.17, 15) is 0 Å². The minimum absolute atomic E-state index is 1.06. The van der Waals surface area contributed by atoms with Gasteiger partial charge in [-0.3, -0.25) is 9.80 Å². The largest absolute Gasteiger partial charge is 0.314 e. The Hall–Kier alpha value is -0.500. The molecule has 4 N–H and O–H groups in total. The Morgan fingerprint density at radius 2 is 0.818 bits per heavy atom. The summed E-state index contributed by atoms with van der Waals surface area (Å²) in [5.74, 6) is 0. The molecule has 2 saturated heterocycles.